The zero-order valence-electron chi connectivity index (χ0n) is 12.6. The van der Waals surface area contributed by atoms with Crippen LogP contribution in [0.1, 0.15) is 31.6 Å². The van der Waals surface area contributed by atoms with Gasteiger partial charge in [-0.25, -0.2) is 0 Å². The molecule has 20 heavy (non-hydrogen) atoms. The summed E-state index contributed by atoms with van der Waals surface area (Å²) in [7, 11) is 0. The van der Waals surface area contributed by atoms with Crippen molar-refractivity contribution < 1.29 is 4.42 Å². The minimum absolute atomic E-state index is 0.307. The van der Waals surface area contributed by atoms with Crippen LogP contribution in [0.4, 0.5) is 0 Å². The summed E-state index contributed by atoms with van der Waals surface area (Å²) in [5.41, 5.74) is 0. The van der Waals surface area contributed by atoms with Crippen molar-refractivity contribution in [1.82, 2.24) is 15.1 Å². The molecule has 1 saturated carbocycles. The third-order valence-corrected chi connectivity index (χ3v) is 4.53. The van der Waals surface area contributed by atoms with Crippen molar-refractivity contribution in [2.45, 2.75) is 25.8 Å². The lowest BCUT2D eigenvalue weighted by molar-refractivity contribution is 0.128. The first-order chi connectivity index (χ1) is 9.81. The van der Waals surface area contributed by atoms with Crippen LogP contribution in [0.25, 0.3) is 0 Å². The number of rotatable bonds is 7. The Balaban J connectivity index is 1.29. The lowest BCUT2D eigenvalue weighted by Gasteiger charge is -2.34. The van der Waals surface area contributed by atoms with Gasteiger partial charge in [0.15, 0.2) is 0 Å². The lowest BCUT2D eigenvalue weighted by Crippen LogP contribution is -2.48. The van der Waals surface area contributed by atoms with Crippen LogP contribution in [0.5, 0.6) is 0 Å². The van der Waals surface area contributed by atoms with Crippen LogP contribution in [-0.4, -0.2) is 55.6 Å². The van der Waals surface area contributed by atoms with Crippen LogP contribution in [0, 0.1) is 5.92 Å². The van der Waals surface area contributed by atoms with E-state index in [2.05, 4.69) is 22.0 Å². The van der Waals surface area contributed by atoms with Crippen molar-refractivity contribution in [2.24, 2.45) is 5.92 Å². The summed E-state index contributed by atoms with van der Waals surface area (Å²) in [6, 6.07) is 4.29. The molecule has 1 unspecified atom stereocenters. The lowest BCUT2D eigenvalue weighted by atomic mass is 10.2. The van der Waals surface area contributed by atoms with Gasteiger partial charge in [-0.3, -0.25) is 4.90 Å². The third kappa shape index (κ3) is 4.08. The summed E-state index contributed by atoms with van der Waals surface area (Å²) in [6.07, 6.45) is 4.68. The first-order valence-electron chi connectivity index (χ1n) is 8.03. The highest BCUT2D eigenvalue weighted by molar-refractivity contribution is 5.02. The fourth-order valence-corrected chi connectivity index (χ4v) is 2.94. The zero-order chi connectivity index (χ0) is 13.8. The van der Waals surface area contributed by atoms with Gasteiger partial charge in [-0.05, 0) is 37.8 Å². The van der Waals surface area contributed by atoms with Crippen molar-refractivity contribution in [1.29, 1.82) is 0 Å². The van der Waals surface area contributed by atoms with E-state index in [9.17, 15) is 0 Å². The molecule has 112 valence electrons. The largest absolute Gasteiger partial charge is 0.468 e. The highest BCUT2D eigenvalue weighted by Gasteiger charge is 2.26. The Hall–Kier alpha value is -0.840. The van der Waals surface area contributed by atoms with Crippen molar-refractivity contribution >= 4 is 0 Å². The van der Waals surface area contributed by atoms with Crippen LogP contribution in [0.2, 0.25) is 0 Å². The van der Waals surface area contributed by atoms with Crippen molar-refractivity contribution in [2.75, 3.05) is 45.8 Å². The Kier molecular flexibility index (Phi) is 4.76. The molecule has 0 amide bonds. The van der Waals surface area contributed by atoms with Gasteiger partial charge >= 0.3 is 0 Å². The minimum atomic E-state index is 0.307. The highest BCUT2D eigenvalue weighted by Crippen LogP contribution is 2.29. The number of nitrogens with one attached hydrogen (secondary N) is 1. The number of nitrogens with zero attached hydrogens (tertiary/aromatic N) is 2. The minimum Gasteiger partial charge on any atom is -0.468 e. The fraction of sp³-hybridized carbons (Fsp3) is 0.750. The summed E-state index contributed by atoms with van der Waals surface area (Å²) < 4.78 is 5.41. The van der Waals surface area contributed by atoms with E-state index < -0.39 is 0 Å². The van der Waals surface area contributed by atoms with Gasteiger partial charge in [-0.15, -0.1) is 0 Å². The van der Waals surface area contributed by atoms with E-state index in [4.69, 9.17) is 4.42 Å². The zero-order valence-corrected chi connectivity index (χ0v) is 12.6. The molecule has 1 aromatic rings. The molecular formula is C16H27N3O. The molecule has 3 rings (SSSR count). The second-order valence-electron chi connectivity index (χ2n) is 6.28. The Morgan fingerprint density at radius 3 is 2.65 bits per heavy atom. The molecule has 1 N–H and O–H groups in total. The van der Waals surface area contributed by atoms with E-state index in [1.54, 1.807) is 6.26 Å². The summed E-state index contributed by atoms with van der Waals surface area (Å²) in [4.78, 5) is 5.22. The number of piperazine rings is 1. The van der Waals surface area contributed by atoms with Gasteiger partial charge in [0.2, 0.25) is 0 Å². The van der Waals surface area contributed by atoms with Crippen molar-refractivity contribution in [3.8, 4) is 0 Å². The first-order valence-corrected chi connectivity index (χ1v) is 8.03. The summed E-state index contributed by atoms with van der Waals surface area (Å²) in [6.45, 7) is 10.6. The average molecular weight is 277 g/mol. The van der Waals surface area contributed by atoms with Gasteiger partial charge in [0.1, 0.15) is 5.76 Å². The molecule has 0 aromatic carbocycles. The quantitative estimate of drug-likeness (QED) is 0.825. The predicted octanol–water partition coefficient (Wildman–Crippen LogP) is 1.96. The maximum atomic E-state index is 5.41. The Labute approximate surface area is 122 Å². The Morgan fingerprint density at radius 1 is 1.25 bits per heavy atom. The predicted molar refractivity (Wildman–Crippen MR) is 80.7 cm³/mol. The summed E-state index contributed by atoms with van der Waals surface area (Å²) >= 11 is 0. The SMILES string of the molecule is CC(NCCN1CCN(CC2CC2)CC1)c1ccco1. The molecule has 1 aliphatic carbocycles. The summed E-state index contributed by atoms with van der Waals surface area (Å²) in [5, 5.41) is 3.54. The van der Waals surface area contributed by atoms with Gasteiger partial charge in [0.25, 0.3) is 0 Å². The van der Waals surface area contributed by atoms with E-state index in [-0.39, 0.29) is 0 Å². The normalized spacial score (nSPS) is 23.1. The molecule has 1 aliphatic heterocycles. The number of furan rings is 1. The van der Waals surface area contributed by atoms with Crippen LogP contribution >= 0.6 is 0 Å². The van der Waals surface area contributed by atoms with E-state index in [0.717, 1.165) is 24.8 Å². The maximum Gasteiger partial charge on any atom is 0.120 e. The van der Waals surface area contributed by atoms with Crippen LogP contribution < -0.4 is 5.32 Å². The van der Waals surface area contributed by atoms with Gasteiger partial charge in [-0.1, -0.05) is 0 Å². The van der Waals surface area contributed by atoms with E-state index >= 15 is 0 Å². The fourth-order valence-electron chi connectivity index (χ4n) is 2.94. The van der Waals surface area contributed by atoms with Crippen LogP contribution in [0.3, 0.4) is 0 Å². The molecule has 4 heteroatoms. The monoisotopic (exact) mass is 277 g/mol. The maximum absolute atomic E-state index is 5.41. The molecule has 1 atom stereocenters. The van der Waals surface area contributed by atoms with Crippen LogP contribution in [0.15, 0.2) is 22.8 Å². The standard InChI is InChI=1S/C16H27N3O/c1-14(16-3-2-12-20-16)17-6-7-18-8-10-19(11-9-18)13-15-4-5-15/h2-3,12,14-15,17H,4-11,13H2,1H3. The molecule has 2 aliphatic rings. The molecule has 4 nitrogen and oxygen atoms in total. The molecule has 0 radical (unpaired) electrons. The average Bonchev–Trinajstić information content (AvgIpc) is 3.10. The molecule has 2 fully saturated rings. The van der Waals surface area contributed by atoms with E-state index in [1.165, 1.54) is 45.6 Å². The van der Waals surface area contributed by atoms with E-state index in [0.29, 0.717) is 6.04 Å². The van der Waals surface area contributed by atoms with Crippen molar-refractivity contribution in [3.63, 3.8) is 0 Å². The topological polar surface area (TPSA) is 31.6 Å². The third-order valence-electron chi connectivity index (χ3n) is 4.53. The molecular weight excluding hydrogens is 250 g/mol. The first kappa shape index (κ1) is 14.1. The van der Waals surface area contributed by atoms with Gasteiger partial charge in [0, 0.05) is 45.8 Å². The Bertz CT molecular complexity index is 380. The van der Waals surface area contributed by atoms with Crippen LogP contribution in [-0.2, 0) is 0 Å². The van der Waals surface area contributed by atoms with Gasteiger partial charge in [-0.2, -0.15) is 0 Å². The number of hydrogen-bond acceptors (Lipinski definition) is 4. The molecule has 2 heterocycles. The number of hydrogen-bond donors (Lipinski definition) is 1. The molecule has 0 spiro atoms. The smallest absolute Gasteiger partial charge is 0.120 e. The molecule has 1 saturated heterocycles. The second-order valence-corrected chi connectivity index (χ2v) is 6.28. The molecule has 1 aromatic heterocycles. The summed E-state index contributed by atoms with van der Waals surface area (Å²) in [5.74, 6) is 2.05. The highest BCUT2D eigenvalue weighted by atomic mass is 16.3. The second kappa shape index (κ2) is 6.74. The van der Waals surface area contributed by atoms with E-state index in [1.807, 2.05) is 12.1 Å². The van der Waals surface area contributed by atoms with Gasteiger partial charge < -0.3 is 14.6 Å². The van der Waals surface area contributed by atoms with Crippen molar-refractivity contribution in [3.05, 3.63) is 24.2 Å². The van der Waals surface area contributed by atoms with Gasteiger partial charge in [0.05, 0.1) is 12.3 Å². The Morgan fingerprint density at radius 2 is 2.00 bits per heavy atom. The molecule has 0 bridgehead atoms.